The molecule has 0 atom stereocenters. The Morgan fingerprint density at radius 1 is 1.13 bits per heavy atom. The van der Waals surface area contributed by atoms with Crippen LogP contribution in [0.2, 0.25) is 10.0 Å². The highest BCUT2D eigenvalue weighted by Crippen LogP contribution is 2.27. The average molecular weight is 496 g/mol. The molecule has 2 aromatic carbocycles. The zero-order valence-corrected chi connectivity index (χ0v) is 20.7. The minimum Gasteiger partial charge on any atom is -0.325 e. The zero-order valence-electron chi connectivity index (χ0n) is 17.6. The second-order valence-corrected chi connectivity index (χ2v) is 10.0. The maximum atomic E-state index is 12.4. The number of rotatable bonds is 9. The molecule has 3 rings (SSSR count). The van der Waals surface area contributed by atoms with Crippen molar-refractivity contribution in [3.05, 3.63) is 69.5 Å². The molecule has 0 aliphatic rings. The SMILES string of the molecule is CC(C)c1ccccc1NC(=O)CSc1nnc(CSCc2ccc(Cl)cc2Cl)n1C. The fourth-order valence-corrected chi connectivity index (χ4v) is 5.21. The van der Waals surface area contributed by atoms with Crippen molar-refractivity contribution in [2.45, 2.75) is 36.4 Å². The highest BCUT2D eigenvalue weighted by atomic mass is 35.5. The van der Waals surface area contributed by atoms with E-state index in [2.05, 4.69) is 29.4 Å². The predicted octanol–water partition coefficient (Wildman–Crippen LogP) is 6.41. The molecule has 0 saturated heterocycles. The van der Waals surface area contributed by atoms with Crippen LogP contribution in [0.5, 0.6) is 0 Å². The number of thioether (sulfide) groups is 2. The number of hydrogen-bond donors (Lipinski definition) is 1. The van der Waals surface area contributed by atoms with E-state index in [1.165, 1.54) is 11.8 Å². The standard InChI is InChI=1S/C22H24Cl2N4OS2/c1-14(2)17-6-4-5-7-19(17)25-21(29)13-31-22-27-26-20(28(22)3)12-30-11-15-8-9-16(23)10-18(15)24/h4-10,14H,11-13H2,1-3H3,(H,25,29). The third-order valence-corrected chi connectivity index (χ3v) is 7.20. The number of amides is 1. The second kappa shape index (κ2) is 11.3. The first-order chi connectivity index (χ1) is 14.8. The Labute approximate surface area is 201 Å². The zero-order chi connectivity index (χ0) is 22.4. The van der Waals surface area contributed by atoms with Crippen molar-refractivity contribution < 1.29 is 4.79 Å². The summed E-state index contributed by atoms with van der Waals surface area (Å²) < 4.78 is 1.93. The van der Waals surface area contributed by atoms with Gasteiger partial charge in [0.05, 0.1) is 11.5 Å². The van der Waals surface area contributed by atoms with Gasteiger partial charge in [-0.15, -0.1) is 22.0 Å². The first-order valence-electron chi connectivity index (χ1n) is 9.76. The number of para-hydroxylation sites is 1. The number of anilines is 1. The Kier molecular flexibility index (Phi) is 8.72. The Bertz CT molecular complexity index is 1060. The molecule has 1 aromatic heterocycles. The molecule has 31 heavy (non-hydrogen) atoms. The maximum Gasteiger partial charge on any atom is 0.234 e. The molecule has 3 aromatic rings. The summed E-state index contributed by atoms with van der Waals surface area (Å²) in [6.07, 6.45) is 0. The number of nitrogens with zero attached hydrogens (tertiary/aromatic N) is 3. The summed E-state index contributed by atoms with van der Waals surface area (Å²) in [6, 6.07) is 13.4. The average Bonchev–Trinajstić information content (AvgIpc) is 3.08. The van der Waals surface area contributed by atoms with Crippen molar-refractivity contribution in [3.8, 4) is 0 Å². The largest absolute Gasteiger partial charge is 0.325 e. The minimum absolute atomic E-state index is 0.0607. The number of hydrogen-bond acceptors (Lipinski definition) is 5. The van der Waals surface area contributed by atoms with Crippen LogP contribution in [-0.4, -0.2) is 26.4 Å². The van der Waals surface area contributed by atoms with E-state index < -0.39 is 0 Å². The Balaban J connectivity index is 1.51. The molecule has 5 nitrogen and oxygen atoms in total. The van der Waals surface area contributed by atoms with Gasteiger partial charge in [-0.25, -0.2) is 0 Å². The van der Waals surface area contributed by atoms with Gasteiger partial charge < -0.3 is 9.88 Å². The van der Waals surface area contributed by atoms with E-state index in [4.69, 9.17) is 23.2 Å². The predicted molar refractivity (Wildman–Crippen MR) is 132 cm³/mol. The van der Waals surface area contributed by atoms with Gasteiger partial charge in [0.25, 0.3) is 0 Å². The molecule has 164 valence electrons. The molecule has 0 radical (unpaired) electrons. The summed E-state index contributed by atoms with van der Waals surface area (Å²) in [5.41, 5.74) is 3.02. The number of nitrogens with one attached hydrogen (secondary N) is 1. The van der Waals surface area contributed by atoms with Gasteiger partial charge in [-0.2, -0.15) is 0 Å². The first-order valence-corrected chi connectivity index (χ1v) is 12.7. The quantitative estimate of drug-likeness (QED) is 0.348. The lowest BCUT2D eigenvalue weighted by molar-refractivity contribution is -0.113. The fraction of sp³-hybridized carbons (Fsp3) is 0.318. The maximum absolute atomic E-state index is 12.4. The van der Waals surface area contributed by atoms with Crippen molar-refractivity contribution in [3.63, 3.8) is 0 Å². The highest BCUT2D eigenvalue weighted by Gasteiger charge is 2.14. The Morgan fingerprint density at radius 3 is 2.65 bits per heavy atom. The summed E-state index contributed by atoms with van der Waals surface area (Å²) in [7, 11) is 1.92. The van der Waals surface area contributed by atoms with Gasteiger partial charge >= 0.3 is 0 Å². The molecular weight excluding hydrogens is 471 g/mol. The first kappa shape index (κ1) is 24.0. The van der Waals surface area contributed by atoms with E-state index in [0.29, 0.717) is 26.9 Å². The van der Waals surface area contributed by atoms with Crippen LogP contribution in [-0.2, 0) is 23.3 Å². The Morgan fingerprint density at radius 2 is 1.90 bits per heavy atom. The smallest absolute Gasteiger partial charge is 0.234 e. The van der Waals surface area contributed by atoms with Gasteiger partial charge in [-0.1, -0.05) is 73.1 Å². The molecule has 0 saturated carbocycles. The lowest BCUT2D eigenvalue weighted by Crippen LogP contribution is -2.16. The van der Waals surface area contributed by atoms with Crippen molar-refractivity contribution in [1.82, 2.24) is 14.8 Å². The van der Waals surface area contributed by atoms with Gasteiger partial charge in [0.1, 0.15) is 5.82 Å². The molecule has 0 bridgehead atoms. The van der Waals surface area contributed by atoms with Gasteiger partial charge in [0.15, 0.2) is 5.16 Å². The molecule has 1 N–H and O–H groups in total. The van der Waals surface area contributed by atoms with E-state index in [9.17, 15) is 4.79 Å². The molecule has 0 unspecified atom stereocenters. The fourth-order valence-electron chi connectivity index (χ4n) is 2.92. The third kappa shape index (κ3) is 6.65. The van der Waals surface area contributed by atoms with Crippen LogP contribution in [0.4, 0.5) is 5.69 Å². The monoisotopic (exact) mass is 494 g/mol. The topological polar surface area (TPSA) is 59.8 Å². The lowest BCUT2D eigenvalue weighted by Gasteiger charge is -2.13. The number of halogens is 2. The van der Waals surface area contributed by atoms with E-state index >= 15 is 0 Å². The normalized spacial score (nSPS) is 11.2. The van der Waals surface area contributed by atoms with Crippen LogP contribution < -0.4 is 5.32 Å². The molecular formula is C22H24Cl2N4OS2. The van der Waals surface area contributed by atoms with Gasteiger partial charge in [-0.05, 0) is 35.2 Å². The van der Waals surface area contributed by atoms with Crippen molar-refractivity contribution in [2.24, 2.45) is 7.05 Å². The van der Waals surface area contributed by atoms with Crippen molar-refractivity contribution in [2.75, 3.05) is 11.1 Å². The van der Waals surface area contributed by atoms with Gasteiger partial charge in [-0.3, -0.25) is 4.79 Å². The minimum atomic E-state index is -0.0607. The number of carbonyl (C=O) groups excluding carboxylic acids is 1. The van der Waals surface area contributed by atoms with Crippen LogP contribution >= 0.6 is 46.7 Å². The van der Waals surface area contributed by atoms with Crippen LogP contribution in [0.1, 0.15) is 36.7 Å². The molecule has 0 spiro atoms. The third-order valence-electron chi connectivity index (χ3n) is 4.62. The molecule has 9 heteroatoms. The summed E-state index contributed by atoms with van der Waals surface area (Å²) in [4.78, 5) is 12.4. The van der Waals surface area contributed by atoms with E-state index in [1.54, 1.807) is 17.8 Å². The number of aromatic nitrogens is 3. The van der Waals surface area contributed by atoms with Crippen molar-refractivity contribution >= 4 is 58.3 Å². The summed E-state index contributed by atoms with van der Waals surface area (Å²) in [6.45, 7) is 4.22. The van der Waals surface area contributed by atoms with E-state index in [0.717, 1.165) is 28.4 Å². The Hall–Kier alpha value is -1.67. The molecule has 0 aliphatic carbocycles. The number of benzene rings is 2. The molecule has 1 amide bonds. The summed E-state index contributed by atoms with van der Waals surface area (Å²) in [5.74, 6) is 2.84. The molecule has 0 aliphatic heterocycles. The summed E-state index contributed by atoms with van der Waals surface area (Å²) in [5, 5.41) is 13.5. The van der Waals surface area contributed by atoms with E-state index in [-0.39, 0.29) is 11.7 Å². The lowest BCUT2D eigenvalue weighted by atomic mass is 10.0. The van der Waals surface area contributed by atoms with Gasteiger partial charge in [0, 0.05) is 28.5 Å². The summed E-state index contributed by atoms with van der Waals surface area (Å²) >= 11 is 15.2. The number of carbonyl (C=O) groups is 1. The van der Waals surface area contributed by atoms with Crippen LogP contribution in [0.15, 0.2) is 47.6 Å². The van der Waals surface area contributed by atoms with Crippen molar-refractivity contribution in [1.29, 1.82) is 0 Å². The van der Waals surface area contributed by atoms with E-state index in [1.807, 2.05) is 48.0 Å². The molecule has 0 fully saturated rings. The van der Waals surface area contributed by atoms with Crippen LogP contribution in [0, 0.1) is 0 Å². The van der Waals surface area contributed by atoms with Crippen LogP contribution in [0.25, 0.3) is 0 Å². The molecule has 1 heterocycles. The highest BCUT2D eigenvalue weighted by molar-refractivity contribution is 7.99. The second-order valence-electron chi connectivity index (χ2n) is 7.27. The van der Waals surface area contributed by atoms with Crippen LogP contribution in [0.3, 0.4) is 0 Å². The van der Waals surface area contributed by atoms with Gasteiger partial charge in [0.2, 0.25) is 5.91 Å².